The molecule has 1 unspecified atom stereocenters. The molecule has 3 N–H and O–H groups in total. The van der Waals surface area contributed by atoms with Crippen LogP contribution in [0.25, 0.3) is 0 Å². The topological polar surface area (TPSA) is 61.4 Å². The molecule has 0 aromatic heterocycles. The smallest absolute Gasteiger partial charge is 0.241 e. The summed E-state index contributed by atoms with van der Waals surface area (Å²) in [5.74, 6) is -0.131. The fraction of sp³-hybridized carbons (Fsp3) is 0.364. The van der Waals surface area contributed by atoms with Crippen molar-refractivity contribution in [1.29, 1.82) is 0 Å². The van der Waals surface area contributed by atoms with Crippen LogP contribution in [-0.2, 0) is 4.79 Å². The van der Waals surface area contributed by atoms with Crippen molar-refractivity contribution in [2.75, 3.05) is 11.9 Å². The second-order valence-electron chi connectivity index (χ2n) is 3.80. The van der Waals surface area contributed by atoms with Crippen LogP contribution in [0.4, 0.5) is 5.69 Å². The van der Waals surface area contributed by atoms with E-state index in [0.29, 0.717) is 10.7 Å². The molecule has 86 valence electrons. The largest absolute Gasteiger partial charge is 0.506 e. The van der Waals surface area contributed by atoms with Gasteiger partial charge in [0.1, 0.15) is 5.75 Å². The highest BCUT2D eigenvalue weighted by Gasteiger charge is 2.22. The van der Waals surface area contributed by atoms with Crippen LogP contribution < -0.4 is 10.6 Å². The van der Waals surface area contributed by atoms with Crippen LogP contribution >= 0.6 is 11.6 Å². The van der Waals surface area contributed by atoms with Crippen LogP contribution in [-0.4, -0.2) is 23.6 Å². The Bertz CT molecular complexity index is 403. The number of hydrogen-bond donors (Lipinski definition) is 3. The number of aromatic hydroxyl groups is 1. The van der Waals surface area contributed by atoms with Gasteiger partial charge in [-0.25, -0.2) is 0 Å². The second kappa shape index (κ2) is 4.72. The van der Waals surface area contributed by atoms with Gasteiger partial charge in [-0.15, -0.1) is 0 Å². The third-order valence-corrected chi connectivity index (χ3v) is 2.83. The van der Waals surface area contributed by atoms with Crippen LogP contribution in [0.2, 0.25) is 5.02 Å². The average molecular weight is 241 g/mol. The molecule has 1 fully saturated rings. The lowest BCUT2D eigenvalue weighted by Gasteiger charge is -2.12. The lowest BCUT2D eigenvalue weighted by Crippen LogP contribution is -2.35. The average Bonchev–Trinajstić information content (AvgIpc) is 2.75. The summed E-state index contributed by atoms with van der Waals surface area (Å²) < 4.78 is 0. The standard InChI is InChI=1S/C11H13ClN2O2/c12-7-3-4-8(10(15)6-7)14-11(16)9-2-1-5-13-9/h3-4,6,9,13,15H,1-2,5H2,(H,14,16). The summed E-state index contributed by atoms with van der Waals surface area (Å²) in [6.07, 6.45) is 1.84. The van der Waals surface area contributed by atoms with E-state index in [1.54, 1.807) is 12.1 Å². The quantitative estimate of drug-likeness (QED) is 0.690. The Hall–Kier alpha value is -1.26. The third kappa shape index (κ3) is 2.46. The maximum absolute atomic E-state index is 11.7. The highest BCUT2D eigenvalue weighted by molar-refractivity contribution is 6.30. The summed E-state index contributed by atoms with van der Waals surface area (Å²) in [6.45, 7) is 0.866. The number of benzene rings is 1. The number of phenols is 1. The molecule has 0 bridgehead atoms. The number of amides is 1. The molecule has 5 heteroatoms. The minimum atomic E-state index is -0.157. The van der Waals surface area contributed by atoms with Gasteiger partial charge < -0.3 is 15.7 Å². The monoisotopic (exact) mass is 240 g/mol. The summed E-state index contributed by atoms with van der Waals surface area (Å²) in [5.41, 5.74) is 0.392. The van der Waals surface area contributed by atoms with Crippen molar-refractivity contribution >= 4 is 23.2 Å². The molecular weight excluding hydrogens is 228 g/mol. The van der Waals surface area contributed by atoms with Crippen molar-refractivity contribution in [3.63, 3.8) is 0 Å². The van der Waals surface area contributed by atoms with Crippen molar-refractivity contribution in [2.24, 2.45) is 0 Å². The van der Waals surface area contributed by atoms with E-state index in [2.05, 4.69) is 10.6 Å². The zero-order valence-corrected chi connectivity index (χ0v) is 9.42. The zero-order valence-electron chi connectivity index (χ0n) is 8.66. The van der Waals surface area contributed by atoms with E-state index in [1.165, 1.54) is 6.07 Å². The molecule has 1 atom stereocenters. The van der Waals surface area contributed by atoms with Crippen LogP contribution in [0, 0.1) is 0 Å². The van der Waals surface area contributed by atoms with Gasteiger partial charge in [-0.1, -0.05) is 11.6 Å². The van der Waals surface area contributed by atoms with Crippen LogP contribution in [0.1, 0.15) is 12.8 Å². The summed E-state index contributed by atoms with van der Waals surface area (Å²) in [7, 11) is 0. The molecule has 0 spiro atoms. The molecule has 1 amide bonds. The normalized spacial score (nSPS) is 19.7. The molecule has 1 aliphatic heterocycles. The SMILES string of the molecule is O=C(Nc1ccc(Cl)cc1O)C1CCCN1. The molecule has 1 heterocycles. The molecule has 0 aliphatic carbocycles. The second-order valence-corrected chi connectivity index (χ2v) is 4.24. The van der Waals surface area contributed by atoms with Gasteiger partial charge in [0.2, 0.25) is 5.91 Å². The van der Waals surface area contributed by atoms with Gasteiger partial charge in [-0.05, 0) is 31.5 Å². The summed E-state index contributed by atoms with van der Waals surface area (Å²) in [4.78, 5) is 11.7. The highest BCUT2D eigenvalue weighted by Crippen LogP contribution is 2.26. The fourth-order valence-corrected chi connectivity index (χ4v) is 1.91. The Morgan fingerprint density at radius 3 is 3.00 bits per heavy atom. The molecule has 0 saturated carbocycles. The van der Waals surface area contributed by atoms with Gasteiger partial charge in [-0.3, -0.25) is 4.79 Å². The maximum Gasteiger partial charge on any atom is 0.241 e. The van der Waals surface area contributed by atoms with Gasteiger partial charge in [0, 0.05) is 11.1 Å². The Morgan fingerprint density at radius 1 is 1.56 bits per heavy atom. The lowest BCUT2D eigenvalue weighted by atomic mass is 10.2. The molecule has 16 heavy (non-hydrogen) atoms. The maximum atomic E-state index is 11.7. The Kier molecular flexibility index (Phi) is 3.31. The van der Waals surface area contributed by atoms with Crippen molar-refractivity contribution in [2.45, 2.75) is 18.9 Å². The van der Waals surface area contributed by atoms with E-state index in [4.69, 9.17) is 11.6 Å². The first-order chi connectivity index (χ1) is 7.66. The molecule has 0 radical (unpaired) electrons. The van der Waals surface area contributed by atoms with E-state index in [0.717, 1.165) is 19.4 Å². The first-order valence-electron chi connectivity index (χ1n) is 5.19. The molecule has 2 rings (SSSR count). The molecule has 4 nitrogen and oxygen atoms in total. The van der Waals surface area contributed by atoms with E-state index in [9.17, 15) is 9.90 Å². The van der Waals surface area contributed by atoms with E-state index in [-0.39, 0.29) is 17.7 Å². The van der Waals surface area contributed by atoms with E-state index >= 15 is 0 Å². The Labute approximate surface area is 98.6 Å². The molecule has 1 aromatic carbocycles. The van der Waals surface area contributed by atoms with Crippen LogP contribution in [0.3, 0.4) is 0 Å². The molecule has 1 aromatic rings. The lowest BCUT2D eigenvalue weighted by molar-refractivity contribution is -0.117. The predicted molar refractivity (Wildman–Crippen MR) is 62.8 cm³/mol. The van der Waals surface area contributed by atoms with Crippen LogP contribution in [0.5, 0.6) is 5.75 Å². The predicted octanol–water partition coefficient (Wildman–Crippen LogP) is 1.74. The Balaban J connectivity index is 2.05. The molecule has 1 aliphatic rings. The Morgan fingerprint density at radius 2 is 2.38 bits per heavy atom. The van der Waals surface area contributed by atoms with Crippen molar-refractivity contribution in [1.82, 2.24) is 5.32 Å². The number of carbonyl (C=O) groups is 1. The minimum Gasteiger partial charge on any atom is -0.506 e. The van der Waals surface area contributed by atoms with E-state index < -0.39 is 0 Å². The van der Waals surface area contributed by atoms with Crippen LogP contribution in [0.15, 0.2) is 18.2 Å². The first kappa shape index (κ1) is 11.2. The molecular formula is C11H13ClN2O2. The van der Waals surface area contributed by atoms with Gasteiger partial charge in [0.05, 0.1) is 11.7 Å². The fourth-order valence-electron chi connectivity index (χ4n) is 1.74. The van der Waals surface area contributed by atoms with Gasteiger partial charge in [0.25, 0.3) is 0 Å². The number of halogens is 1. The van der Waals surface area contributed by atoms with Crippen molar-refractivity contribution < 1.29 is 9.90 Å². The first-order valence-corrected chi connectivity index (χ1v) is 5.57. The van der Waals surface area contributed by atoms with E-state index in [1.807, 2.05) is 0 Å². The van der Waals surface area contributed by atoms with Gasteiger partial charge in [-0.2, -0.15) is 0 Å². The summed E-state index contributed by atoms with van der Waals surface area (Å²) in [5, 5.41) is 15.8. The third-order valence-electron chi connectivity index (χ3n) is 2.59. The molecule has 1 saturated heterocycles. The minimum absolute atomic E-state index is 0.0150. The van der Waals surface area contributed by atoms with Gasteiger partial charge in [0.15, 0.2) is 0 Å². The number of hydrogen-bond acceptors (Lipinski definition) is 3. The number of phenolic OH excluding ortho intramolecular Hbond substituents is 1. The van der Waals surface area contributed by atoms with Gasteiger partial charge >= 0.3 is 0 Å². The van der Waals surface area contributed by atoms with Crippen molar-refractivity contribution in [3.05, 3.63) is 23.2 Å². The summed E-state index contributed by atoms with van der Waals surface area (Å²) in [6, 6.07) is 4.46. The number of nitrogens with one attached hydrogen (secondary N) is 2. The summed E-state index contributed by atoms with van der Waals surface area (Å²) >= 11 is 5.70. The zero-order chi connectivity index (χ0) is 11.5. The number of rotatable bonds is 2. The number of anilines is 1. The van der Waals surface area contributed by atoms with Crippen molar-refractivity contribution in [3.8, 4) is 5.75 Å². The highest BCUT2D eigenvalue weighted by atomic mass is 35.5. The number of carbonyl (C=O) groups excluding carboxylic acids is 1.